The largest absolute Gasteiger partial charge is 0.439 e. The molecule has 2 rings (SSSR count). The molecule has 0 bridgehead atoms. The third-order valence-electron chi connectivity index (χ3n) is 3.21. The van der Waals surface area contributed by atoms with Crippen LogP contribution >= 0.6 is 15.9 Å². The molecule has 0 fully saturated rings. The summed E-state index contributed by atoms with van der Waals surface area (Å²) in [6.07, 6.45) is 3.47. The van der Waals surface area contributed by atoms with Gasteiger partial charge >= 0.3 is 0 Å². The topological polar surface area (TPSA) is 48.1 Å². The first kappa shape index (κ1) is 15.9. The maximum Gasteiger partial charge on any atom is 0.222 e. The molecule has 1 heterocycles. The van der Waals surface area contributed by atoms with E-state index in [9.17, 15) is 4.39 Å². The fourth-order valence-electron chi connectivity index (χ4n) is 1.94. The SMILES string of the molecule is CCC(N)Cc1cnc(Oc2ccc(Br)c(F)c2)c(C)c1. The summed E-state index contributed by atoms with van der Waals surface area (Å²) in [7, 11) is 0. The lowest BCUT2D eigenvalue weighted by molar-refractivity contribution is 0.453. The average Bonchev–Trinajstić information content (AvgIpc) is 2.45. The minimum Gasteiger partial charge on any atom is -0.439 e. The van der Waals surface area contributed by atoms with Crippen LogP contribution in [0, 0.1) is 12.7 Å². The Kier molecular flexibility index (Phi) is 5.31. The van der Waals surface area contributed by atoms with Gasteiger partial charge in [0, 0.05) is 23.9 Å². The first-order valence-corrected chi connectivity index (χ1v) is 7.63. The second-order valence-corrected chi connectivity index (χ2v) is 5.87. The van der Waals surface area contributed by atoms with Crippen LogP contribution in [0.3, 0.4) is 0 Å². The summed E-state index contributed by atoms with van der Waals surface area (Å²) < 4.78 is 19.5. The van der Waals surface area contributed by atoms with E-state index in [1.807, 2.05) is 13.0 Å². The monoisotopic (exact) mass is 352 g/mol. The number of aromatic nitrogens is 1. The number of nitrogens with two attached hydrogens (primary N) is 1. The van der Waals surface area contributed by atoms with Crippen molar-refractivity contribution in [3.05, 3.63) is 51.9 Å². The molecule has 2 aromatic rings. The van der Waals surface area contributed by atoms with Crippen molar-refractivity contribution in [1.82, 2.24) is 4.98 Å². The third-order valence-corrected chi connectivity index (χ3v) is 3.86. The van der Waals surface area contributed by atoms with Gasteiger partial charge < -0.3 is 10.5 Å². The van der Waals surface area contributed by atoms with Gasteiger partial charge in [-0.25, -0.2) is 9.37 Å². The van der Waals surface area contributed by atoms with Crippen molar-refractivity contribution < 1.29 is 9.13 Å². The lowest BCUT2D eigenvalue weighted by atomic mass is 10.1. The van der Waals surface area contributed by atoms with Crippen molar-refractivity contribution in [3.63, 3.8) is 0 Å². The zero-order valence-corrected chi connectivity index (χ0v) is 13.7. The van der Waals surface area contributed by atoms with E-state index in [4.69, 9.17) is 10.5 Å². The molecule has 0 amide bonds. The molecule has 1 aromatic heterocycles. The first-order chi connectivity index (χ1) is 9.99. The van der Waals surface area contributed by atoms with Gasteiger partial charge in [-0.05, 0) is 59.5 Å². The van der Waals surface area contributed by atoms with Gasteiger partial charge in [0.1, 0.15) is 11.6 Å². The Bertz CT molecular complexity index is 634. The molecule has 0 aliphatic heterocycles. The minimum absolute atomic E-state index is 0.138. The van der Waals surface area contributed by atoms with Crippen LogP contribution in [0.1, 0.15) is 24.5 Å². The molecule has 112 valence electrons. The summed E-state index contributed by atoms with van der Waals surface area (Å²) in [5, 5.41) is 0. The molecule has 21 heavy (non-hydrogen) atoms. The van der Waals surface area contributed by atoms with E-state index in [0.29, 0.717) is 16.1 Å². The van der Waals surface area contributed by atoms with Crippen LogP contribution in [0.5, 0.6) is 11.6 Å². The molecule has 1 atom stereocenters. The van der Waals surface area contributed by atoms with Crippen molar-refractivity contribution in [2.75, 3.05) is 0 Å². The van der Waals surface area contributed by atoms with Crippen molar-refractivity contribution in [2.24, 2.45) is 5.73 Å². The molecule has 2 N–H and O–H groups in total. The molecule has 3 nitrogen and oxygen atoms in total. The van der Waals surface area contributed by atoms with Crippen molar-refractivity contribution >= 4 is 15.9 Å². The van der Waals surface area contributed by atoms with E-state index in [0.717, 1.165) is 24.0 Å². The number of hydrogen-bond acceptors (Lipinski definition) is 3. The summed E-state index contributed by atoms with van der Waals surface area (Å²) in [6.45, 7) is 3.98. The number of pyridine rings is 1. The van der Waals surface area contributed by atoms with Crippen LogP contribution in [0.2, 0.25) is 0 Å². The van der Waals surface area contributed by atoms with Gasteiger partial charge in [0.05, 0.1) is 4.47 Å². The Labute approximate surface area is 132 Å². The van der Waals surface area contributed by atoms with E-state index < -0.39 is 0 Å². The van der Waals surface area contributed by atoms with Crippen molar-refractivity contribution in [2.45, 2.75) is 32.7 Å². The number of benzene rings is 1. The fraction of sp³-hybridized carbons (Fsp3) is 0.312. The highest BCUT2D eigenvalue weighted by Crippen LogP contribution is 2.26. The molecule has 1 unspecified atom stereocenters. The van der Waals surface area contributed by atoms with Gasteiger partial charge in [0.15, 0.2) is 0 Å². The maximum absolute atomic E-state index is 13.5. The number of aryl methyl sites for hydroxylation is 1. The molecule has 0 radical (unpaired) electrons. The molecular formula is C16H18BrFN2O. The molecular weight excluding hydrogens is 335 g/mol. The highest BCUT2D eigenvalue weighted by Gasteiger charge is 2.08. The Balaban J connectivity index is 2.15. The van der Waals surface area contributed by atoms with E-state index in [-0.39, 0.29) is 11.9 Å². The zero-order valence-electron chi connectivity index (χ0n) is 12.1. The van der Waals surface area contributed by atoms with Crippen LogP contribution in [0.25, 0.3) is 0 Å². The molecule has 0 aliphatic carbocycles. The lowest BCUT2D eigenvalue weighted by Gasteiger charge is -2.12. The Hall–Kier alpha value is -1.46. The van der Waals surface area contributed by atoms with Crippen molar-refractivity contribution in [1.29, 1.82) is 0 Å². The van der Waals surface area contributed by atoms with E-state index in [2.05, 4.69) is 27.8 Å². The molecule has 0 spiro atoms. The van der Waals surface area contributed by atoms with Gasteiger partial charge in [-0.2, -0.15) is 0 Å². The van der Waals surface area contributed by atoms with Gasteiger partial charge in [0.25, 0.3) is 0 Å². The van der Waals surface area contributed by atoms with Crippen LogP contribution < -0.4 is 10.5 Å². The first-order valence-electron chi connectivity index (χ1n) is 6.83. The van der Waals surface area contributed by atoms with E-state index in [1.165, 1.54) is 6.07 Å². The number of ether oxygens (including phenoxy) is 1. The number of rotatable bonds is 5. The van der Waals surface area contributed by atoms with Crippen LogP contribution in [0.15, 0.2) is 34.9 Å². The lowest BCUT2D eigenvalue weighted by Crippen LogP contribution is -2.21. The predicted octanol–water partition coefficient (Wildman–Crippen LogP) is 4.36. The Morgan fingerprint density at radius 1 is 1.38 bits per heavy atom. The summed E-state index contributed by atoms with van der Waals surface area (Å²) in [4.78, 5) is 4.30. The fourth-order valence-corrected chi connectivity index (χ4v) is 2.18. The smallest absolute Gasteiger partial charge is 0.222 e. The Morgan fingerprint density at radius 3 is 2.76 bits per heavy atom. The second kappa shape index (κ2) is 7.00. The highest BCUT2D eigenvalue weighted by atomic mass is 79.9. The van der Waals surface area contributed by atoms with Gasteiger partial charge in [-0.3, -0.25) is 0 Å². The molecule has 0 saturated heterocycles. The highest BCUT2D eigenvalue weighted by molar-refractivity contribution is 9.10. The summed E-state index contributed by atoms with van der Waals surface area (Å²) in [6, 6.07) is 6.77. The number of halogens is 2. The summed E-state index contributed by atoms with van der Waals surface area (Å²) in [5.41, 5.74) is 7.92. The van der Waals surface area contributed by atoms with Gasteiger partial charge in [-0.1, -0.05) is 6.92 Å². The molecule has 0 saturated carbocycles. The van der Waals surface area contributed by atoms with Crippen LogP contribution in [-0.2, 0) is 6.42 Å². The maximum atomic E-state index is 13.5. The van der Waals surface area contributed by atoms with Crippen LogP contribution in [-0.4, -0.2) is 11.0 Å². The molecule has 0 aliphatic rings. The van der Waals surface area contributed by atoms with Gasteiger partial charge in [-0.15, -0.1) is 0 Å². The van der Waals surface area contributed by atoms with E-state index >= 15 is 0 Å². The zero-order chi connectivity index (χ0) is 15.4. The number of hydrogen-bond donors (Lipinski definition) is 1. The summed E-state index contributed by atoms with van der Waals surface area (Å²) >= 11 is 3.11. The number of nitrogens with zero attached hydrogens (tertiary/aromatic N) is 1. The predicted molar refractivity (Wildman–Crippen MR) is 85.1 cm³/mol. The van der Waals surface area contributed by atoms with Crippen molar-refractivity contribution in [3.8, 4) is 11.6 Å². The Morgan fingerprint density at radius 2 is 2.14 bits per heavy atom. The standard InChI is InChI=1S/C16H18BrFN2O/c1-3-12(19)7-11-6-10(2)16(20-9-11)21-13-4-5-14(17)15(18)8-13/h4-6,8-9,12H,3,7,19H2,1-2H3. The van der Waals surface area contributed by atoms with Crippen LogP contribution in [0.4, 0.5) is 4.39 Å². The normalized spacial score (nSPS) is 12.2. The summed E-state index contributed by atoms with van der Waals surface area (Å²) in [5.74, 6) is 0.533. The van der Waals surface area contributed by atoms with E-state index in [1.54, 1.807) is 18.3 Å². The molecule has 5 heteroatoms. The average molecular weight is 353 g/mol. The van der Waals surface area contributed by atoms with Gasteiger partial charge in [0.2, 0.25) is 5.88 Å². The third kappa shape index (κ3) is 4.25. The minimum atomic E-state index is -0.365. The molecule has 1 aromatic carbocycles. The second-order valence-electron chi connectivity index (χ2n) is 5.02. The quantitative estimate of drug-likeness (QED) is 0.869.